The number of hydrogen-bond donors (Lipinski definition) is 2. The highest BCUT2D eigenvalue weighted by molar-refractivity contribution is 7.89. The number of rotatable bonds is 5. The number of nitrogens with zero attached hydrogens (tertiary/aromatic N) is 3. The second-order valence-electron chi connectivity index (χ2n) is 6.12. The number of aliphatic carboxylic acids is 2. The Labute approximate surface area is 176 Å². The highest BCUT2D eigenvalue weighted by atomic mass is 32.2. The summed E-state index contributed by atoms with van der Waals surface area (Å²) < 4.78 is 26.7. The minimum absolute atomic E-state index is 0.0970. The zero-order valence-electron chi connectivity index (χ0n) is 15.6. The van der Waals surface area contributed by atoms with Crippen molar-refractivity contribution in [3.05, 3.63) is 56.8 Å². The third kappa shape index (κ3) is 6.32. The molecule has 1 fully saturated rings. The number of benzene rings is 1. The first kappa shape index (κ1) is 23.4. The van der Waals surface area contributed by atoms with E-state index in [1.807, 2.05) is 11.4 Å². The number of hydrogen-bond acceptors (Lipinski definition) is 8. The van der Waals surface area contributed by atoms with Crippen LogP contribution in [0.4, 0.5) is 5.69 Å². The average molecular weight is 457 g/mol. The topological polar surface area (TPSA) is 158 Å². The van der Waals surface area contributed by atoms with E-state index in [-0.39, 0.29) is 10.6 Å². The van der Waals surface area contributed by atoms with E-state index in [1.54, 1.807) is 11.3 Å². The predicted molar refractivity (Wildman–Crippen MR) is 107 cm³/mol. The van der Waals surface area contributed by atoms with Gasteiger partial charge < -0.3 is 10.2 Å². The molecule has 162 valence electrons. The summed E-state index contributed by atoms with van der Waals surface area (Å²) in [5.41, 5.74) is -0.116. The maximum Gasteiger partial charge on any atom is 0.414 e. The Bertz CT molecular complexity index is 971. The number of sulfonamides is 1. The van der Waals surface area contributed by atoms with E-state index < -0.39 is 26.9 Å². The lowest BCUT2D eigenvalue weighted by molar-refractivity contribution is -0.384. The molecule has 2 heterocycles. The van der Waals surface area contributed by atoms with E-state index in [0.29, 0.717) is 26.2 Å². The van der Waals surface area contributed by atoms with Crippen LogP contribution in [-0.2, 0) is 26.2 Å². The number of carboxylic acids is 2. The van der Waals surface area contributed by atoms with Crippen molar-refractivity contribution in [2.75, 3.05) is 26.2 Å². The molecular weight excluding hydrogens is 438 g/mol. The van der Waals surface area contributed by atoms with Crippen molar-refractivity contribution in [2.24, 2.45) is 0 Å². The van der Waals surface area contributed by atoms with Crippen molar-refractivity contribution in [2.45, 2.75) is 11.4 Å². The van der Waals surface area contributed by atoms with Gasteiger partial charge in [0.15, 0.2) is 0 Å². The molecule has 0 aliphatic carbocycles. The van der Waals surface area contributed by atoms with Gasteiger partial charge in [-0.25, -0.2) is 18.0 Å². The van der Waals surface area contributed by atoms with Crippen LogP contribution in [0.3, 0.4) is 0 Å². The summed E-state index contributed by atoms with van der Waals surface area (Å²) >= 11 is 1.69. The molecule has 0 bridgehead atoms. The van der Waals surface area contributed by atoms with E-state index in [9.17, 15) is 18.5 Å². The summed E-state index contributed by atoms with van der Waals surface area (Å²) in [4.78, 5) is 31.9. The lowest BCUT2D eigenvalue weighted by Gasteiger charge is -2.33. The normalized spacial score (nSPS) is 15.1. The Morgan fingerprint density at radius 3 is 2.03 bits per heavy atom. The third-order valence-electron chi connectivity index (χ3n) is 4.16. The Morgan fingerprint density at radius 1 is 1.03 bits per heavy atom. The number of carboxylic acid groups (broad SMARTS) is 2. The molecule has 2 N–H and O–H groups in total. The molecule has 1 aromatic heterocycles. The van der Waals surface area contributed by atoms with E-state index in [0.717, 1.165) is 6.54 Å². The standard InChI is InChI=1S/C15H17N3O4S2.C2H2O4/c19-18(20)13-3-5-15(6-4-13)24(21,22)17-9-7-16(8-10-17)12-14-2-1-11-23-14;3-1(4)2(5)6/h1-6,11H,7-10,12H2;(H,3,4)(H,5,6). The van der Waals surface area contributed by atoms with Gasteiger partial charge in [-0.3, -0.25) is 15.0 Å². The van der Waals surface area contributed by atoms with Crippen LogP contribution >= 0.6 is 11.3 Å². The summed E-state index contributed by atoms with van der Waals surface area (Å²) in [6.45, 7) is 3.02. The van der Waals surface area contributed by atoms with E-state index in [2.05, 4.69) is 11.0 Å². The van der Waals surface area contributed by atoms with Crippen molar-refractivity contribution in [1.82, 2.24) is 9.21 Å². The number of piperazine rings is 1. The Hall–Kier alpha value is -2.87. The highest BCUT2D eigenvalue weighted by Crippen LogP contribution is 2.21. The first-order chi connectivity index (χ1) is 14.1. The number of nitro groups is 1. The molecule has 0 unspecified atom stereocenters. The summed E-state index contributed by atoms with van der Waals surface area (Å²) in [7, 11) is -3.60. The van der Waals surface area contributed by atoms with Gasteiger partial charge in [0.2, 0.25) is 10.0 Å². The van der Waals surface area contributed by atoms with Crippen LogP contribution < -0.4 is 0 Å². The molecule has 0 saturated carbocycles. The molecule has 1 aliphatic heterocycles. The van der Waals surface area contributed by atoms with Crippen molar-refractivity contribution in [3.63, 3.8) is 0 Å². The van der Waals surface area contributed by atoms with Gasteiger partial charge in [-0.1, -0.05) is 6.07 Å². The van der Waals surface area contributed by atoms with E-state index >= 15 is 0 Å². The summed E-state index contributed by atoms with van der Waals surface area (Å²) in [6.07, 6.45) is 0. The zero-order chi connectivity index (χ0) is 22.3. The molecule has 3 rings (SSSR count). The highest BCUT2D eigenvalue weighted by Gasteiger charge is 2.28. The molecule has 1 aromatic carbocycles. The fraction of sp³-hybridized carbons (Fsp3) is 0.294. The maximum atomic E-state index is 12.6. The number of thiophene rings is 1. The summed E-state index contributed by atoms with van der Waals surface area (Å²) in [5, 5.41) is 27.5. The summed E-state index contributed by atoms with van der Waals surface area (Å²) in [5.74, 6) is -3.65. The van der Waals surface area contributed by atoms with E-state index in [1.165, 1.54) is 33.4 Å². The zero-order valence-corrected chi connectivity index (χ0v) is 17.2. The Kier molecular flexibility index (Phi) is 8.00. The lowest BCUT2D eigenvalue weighted by Crippen LogP contribution is -2.48. The second-order valence-corrected chi connectivity index (χ2v) is 9.09. The molecule has 2 aromatic rings. The van der Waals surface area contributed by atoms with Gasteiger partial charge in [0.25, 0.3) is 5.69 Å². The van der Waals surface area contributed by atoms with Gasteiger partial charge in [-0.2, -0.15) is 4.31 Å². The van der Waals surface area contributed by atoms with Crippen LogP contribution in [0.25, 0.3) is 0 Å². The fourth-order valence-electron chi connectivity index (χ4n) is 2.64. The van der Waals surface area contributed by atoms with Gasteiger partial charge in [-0.05, 0) is 23.6 Å². The average Bonchev–Trinajstić information content (AvgIpc) is 3.22. The predicted octanol–water partition coefficient (Wildman–Crippen LogP) is 1.32. The van der Waals surface area contributed by atoms with Crippen LogP contribution in [0.5, 0.6) is 0 Å². The Morgan fingerprint density at radius 2 is 1.60 bits per heavy atom. The second kappa shape index (κ2) is 10.2. The van der Waals surface area contributed by atoms with Crippen LogP contribution in [0.15, 0.2) is 46.7 Å². The van der Waals surface area contributed by atoms with Crippen LogP contribution in [0.2, 0.25) is 0 Å². The lowest BCUT2D eigenvalue weighted by atomic mass is 10.3. The van der Waals surface area contributed by atoms with Gasteiger partial charge >= 0.3 is 11.9 Å². The van der Waals surface area contributed by atoms with Crippen LogP contribution in [0.1, 0.15) is 4.88 Å². The molecule has 0 spiro atoms. The maximum absolute atomic E-state index is 12.6. The van der Waals surface area contributed by atoms with Crippen molar-refractivity contribution >= 4 is 39.0 Å². The van der Waals surface area contributed by atoms with Crippen LogP contribution in [-0.4, -0.2) is 70.9 Å². The monoisotopic (exact) mass is 457 g/mol. The molecule has 1 saturated heterocycles. The van der Waals surface area contributed by atoms with Gasteiger partial charge in [0.05, 0.1) is 9.82 Å². The molecule has 0 amide bonds. The minimum Gasteiger partial charge on any atom is -0.473 e. The first-order valence-electron chi connectivity index (χ1n) is 8.57. The van der Waals surface area contributed by atoms with Gasteiger partial charge in [-0.15, -0.1) is 11.3 Å². The smallest absolute Gasteiger partial charge is 0.414 e. The number of nitro benzene ring substituents is 1. The SMILES string of the molecule is O=C(O)C(=O)O.O=[N+]([O-])c1ccc(S(=O)(=O)N2CCN(Cc3cccs3)CC2)cc1. The molecule has 13 heteroatoms. The van der Waals surface area contributed by atoms with Crippen LogP contribution in [0, 0.1) is 10.1 Å². The quantitative estimate of drug-likeness (QED) is 0.383. The largest absolute Gasteiger partial charge is 0.473 e. The molecule has 30 heavy (non-hydrogen) atoms. The number of non-ortho nitro benzene ring substituents is 1. The molecular formula is C17H19N3O8S2. The van der Waals surface area contributed by atoms with Crippen molar-refractivity contribution in [1.29, 1.82) is 0 Å². The van der Waals surface area contributed by atoms with E-state index in [4.69, 9.17) is 19.8 Å². The fourth-order valence-corrected chi connectivity index (χ4v) is 4.81. The molecule has 11 nitrogen and oxygen atoms in total. The molecule has 0 atom stereocenters. The van der Waals surface area contributed by atoms with Gasteiger partial charge in [0, 0.05) is 49.7 Å². The summed E-state index contributed by atoms with van der Waals surface area (Å²) in [6, 6.07) is 9.12. The van der Waals surface area contributed by atoms with Crippen molar-refractivity contribution < 1.29 is 33.1 Å². The van der Waals surface area contributed by atoms with Gasteiger partial charge in [0.1, 0.15) is 0 Å². The third-order valence-corrected chi connectivity index (χ3v) is 6.93. The molecule has 1 aliphatic rings. The van der Waals surface area contributed by atoms with Crippen molar-refractivity contribution in [3.8, 4) is 0 Å². The Balaban J connectivity index is 0.000000469. The first-order valence-corrected chi connectivity index (χ1v) is 10.9. The minimum atomic E-state index is -3.60. The number of carbonyl (C=O) groups is 2. The molecule has 0 radical (unpaired) electrons.